The predicted molar refractivity (Wildman–Crippen MR) is 61.0 cm³/mol. The summed E-state index contributed by atoms with van der Waals surface area (Å²) < 4.78 is 0. The van der Waals surface area contributed by atoms with Crippen LogP contribution in [0.2, 0.25) is 0 Å². The normalized spacial score (nSPS) is 3.60. The summed E-state index contributed by atoms with van der Waals surface area (Å²) in [6, 6.07) is 0. The molecule has 0 heterocycles. The van der Waals surface area contributed by atoms with Gasteiger partial charge >= 0.3 is 0 Å². The van der Waals surface area contributed by atoms with E-state index in [4.69, 9.17) is 60.7 Å². The molecule has 1 radical (unpaired) electrons. The van der Waals surface area contributed by atoms with Crippen LogP contribution in [-0.4, -0.2) is 0 Å². The van der Waals surface area contributed by atoms with Crippen molar-refractivity contribution < 1.29 is 19.5 Å². The SMILES string of the molecule is O=N[O-].O=N[O-].O=N[O-].O=N[O-].O=N[O-].O=N[O-].[NH4+].[Rh]. The van der Waals surface area contributed by atoms with Gasteiger partial charge in [0.15, 0.2) is 0 Å². The van der Waals surface area contributed by atoms with E-state index in [1.54, 1.807) is 0 Å². The molecule has 0 atom stereocenters. The third kappa shape index (κ3) is 322. The molecule has 0 unspecified atom stereocenters. The summed E-state index contributed by atoms with van der Waals surface area (Å²) in [4.78, 5) is 48.0. The van der Waals surface area contributed by atoms with Crippen LogP contribution >= 0.6 is 0 Å². The summed E-state index contributed by atoms with van der Waals surface area (Å²) in [6.07, 6.45) is 0. The molecule has 0 aromatic heterocycles. The Morgan fingerprint density at radius 1 is 0.400 bits per heavy atom. The fourth-order valence-electron chi connectivity index (χ4n) is 0. The van der Waals surface area contributed by atoms with E-state index in [0.717, 1.165) is 32.0 Å². The average Bonchev–Trinajstić information content (AvgIpc) is 2.23. The molecule has 4 N–H and O–H groups in total. The van der Waals surface area contributed by atoms with Gasteiger partial charge < -0.3 is 66.8 Å². The van der Waals surface area contributed by atoms with Crippen molar-refractivity contribution in [1.82, 2.24) is 6.15 Å². The molecule has 0 saturated heterocycles. The Balaban J connectivity index is -0.0000000141. The molecule has 0 aromatic carbocycles. The molecule has 0 amide bonds. The Morgan fingerprint density at radius 3 is 0.400 bits per heavy atom. The van der Waals surface area contributed by atoms with Gasteiger partial charge in [0.1, 0.15) is 0 Å². The summed E-state index contributed by atoms with van der Waals surface area (Å²) in [5.74, 6) is 0. The zero-order valence-electron chi connectivity index (χ0n) is 8.92. The largest absolute Gasteiger partial charge is 0.444 e. The van der Waals surface area contributed by atoms with E-state index in [0.29, 0.717) is 0 Å². The van der Waals surface area contributed by atoms with Gasteiger partial charge in [-0.3, -0.25) is 0 Å². The molecule has 0 saturated carbocycles. The maximum absolute atomic E-state index is 8.00. The van der Waals surface area contributed by atoms with Crippen molar-refractivity contribution >= 4 is 0 Å². The summed E-state index contributed by atoms with van der Waals surface area (Å²) in [5.41, 5.74) is 0. The first kappa shape index (κ1) is 53.8. The molecule has 0 aliphatic heterocycles. The number of hydrogen-bond donors (Lipinski definition) is 1. The zero-order chi connectivity index (χ0) is 16.2. The van der Waals surface area contributed by atoms with Crippen LogP contribution in [0.25, 0.3) is 0 Å². The number of hydrogen-bond acceptors (Lipinski definition) is 18. The molecule has 0 rings (SSSR count). The first-order chi connectivity index (χ1) is 8.49. The first-order valence-corrected chi connectivity index (χ1v) is 2.19. The standard InChI is InChI=1S/6HNO2.H3N.Rh/c6*2-1-3;;/h6*(H,2,3);1H3;/p-5. The Kier molecular flexibility index (Phi) is 1080. The van der Waals surface area contributed by atoms with Crippen molar-refractivity contribution in [2.45, 2.75) is 0 Å². The third-order valence-electron chi connectivity index (χ3n) is 0. The number of quaternary nitrogens is 1. The second-order valence-corrected chi connectivity index (χ2v) is 0.447. The Hall–Kier alpha value is -3.02. The third-order valence-corrected chi connectivity index (χ3v) is 0. The van der Waals surface area contributed by atoms with E-state index in [2.05, 4.69) is 0 Å². The molecular weight excluding hydrogens is 393 g/mol. The summed E-state index contributed by atoms with van der Waals surface area (Å²) >= 11 is 0. The van der Waals surface area contributed by atoms with Gasteiger partial charge in [-0.05, 0) is 0 Å². The molecule has 0 spiro atoms. The maximum Gasteiger partial charge on any atom is 0 e. The molecule has 19 nitrogen and oxygen atoms in total. The molecule has 0 fully saturated rings. The van der Waals surface area contributed by atoms with Crippen molar-refractivity contribution in [3.63, 3.8) is 0 Å². The van der Waals surface area contributed by atoms with Gasteiger partial charge in [0, 0.05) is 19.5 Å². The Morgan fingerprint density at radius 2 is 0.400 bits per heavy atom. The first-order valence-electron chi connectivity index (χ1n) is 2.19. The topological polar surface area (TPSA) is 351 Å². The van der Waals surface area contributed by atoms with E-state index in [9.17, 15) is 0 Å². The van der Waals surface area contributed by atoms with Crippen LogP contribution in [0.5, 0.6) is 0 Å². The van der Waals surface area contributed by atoms with Gasteiger partial charge in [-0.25, -0.2) is 0 Å². The predicted octanol–water partition coefficient (Wildman–Crippen LogP) is 1.88. The molecule has 0 bridgehead atoms. The maximum atomic E-state index is 8.00. The van der Waals surface area contributed by atoms with Gasteiger partial charge in [-0.2, -0.15) is 0 Å². The van der Waals surface area contributed by atoms with Gasteiger partial charge in [0.05, 0.1) is 0 Å². The van der Waals surface area contributed by atoms with Crippen LogP contribution in [-0.2, 0) is 19.5 Å². The molecule has 20 heavy (non-hydrogen) atoms. The fraction of sp³-hybridized carbons (Fsp3) is 0. The zero-order valence-corrected chi connectivity index (χ0v) is 10.6. The van der Waals surface area contributed by atoms with Gasteiger partial charge in [-0.1, -0.05) is 0 Å². The second-order valence-electron chi connectivity index (χ2n) is 0.447. The minimum Gasteiger partial charge on any atom is -0.444 e. The van der Waals surface area contributed by atoms with Gasteiger partial charge in [-0.15, -0.1) is 32.0 Å². The molecule has 20 heteroatoms. The van der Waals surface area contributed by atoms with Crippen molar-refractivity contribution in [3.8, 4) is 0 Å². The van der Waals surface area contributed by atoms with Crippen LogP contribution in [0.4, 0.5) is 0 Å². The summed E-state index contributed by atoms with van der Waals surface area (Å²) in [6.45, 7) is 0. The van der Waals surface area contributed by atoms with Crippen LogP contribution in [0.15, 0.2) is 32.0 Å². The van der Waals surface area contributed by atoms with Crippen molar-refractivity contribution in [2.24, 2.45) is 32.0 Å². The van der Waals surface area contributed by atoms with Crippen molar-refractivity contribution in [1.29, 1.82) is 0 Å². The van der Waals surface area contributed by atoms with E-state index >= 15 is 0 Å². The minimum atomic E-state index is 0. The van der Waals surface area contributed by atoms with Crippen molar-refractivity contribution in [2.75, 3.05) is 0 Å². The molecule has 0 aromatic rings. The minimum absolute atomic E-state index is 0. The van der Waals surface area contributed by atoms with E-state index in [-0.39, 0.29) is 25.6 Å². The van der Waals surface area contributed by atoms with E-state index in [1.165, 1.54) is 0 Å². The monoisotopic (exact) mass is 397 g/mol. The van der Waals surface area contributed by atoms with E-state index < -0.39 is 0 Å². The smallest absolute Gasteiger partial charge is 0 e. The summed E-state index contributed by atoms with van der Waals surface area (Å²) in [5, 5.41) is 54.0. The molecular formula is H4N7O12Rh-5. The van der Waals surface area contributed by atoms with Crippen molar-refractivity contribution in [3.05, 3.63) is 60.7 Å². The second kappa shape index (κ2) is 403. The van der Waals surface area contributed by atoms with Gasteiger partial charge in [0.2, 0.25) is 0 Å². The molecule has 125 valence electrons. The van der Waals surface area contributed by atoms with Gasteiger partial charge in [0.25, 0.3) is 0 Å². The molecule has 0 aliphatic carbocycles. The number of rotatable bonds is 0. The van der Waals surface area contributed by atoms with Crippen LogP contribution < -0.4 is 6.15 Å². The quantitative estimate of drug-likeness (QED) is 0.347. The Bertz CT molecular complexity index is 115. The van der Waals surface area contributed by atoms with Crippen LogP contribution in [0, 0.1) is 60.7 Å². The Labute approximate surface area is 119 Å². The van der Waals surface area contributed by atoms with Crippen LogP contribution in [0.1, 0.15) is 0 Å². The average molecular weight is 397 g/mol. The summed E-state index contributed by atoms with van der Waals surface area (Å²) in [7, 11) is 0. The molecule has 0 aliphatic rings. The van der Waals surface area contributed by atoms with Crippen LogP contribution in [0.3, 0.4) is 0 Å². The number of nitrogens with zero attached hydrogens (tertiary/aromatic N) is 6. The van der Waals surface area contributed by atoms with E-state index in [1.807, 2.05) is 0 Å². The fourth-order valence-corrected chi connectivity index (χ4v) is 0.